The van der Waals surface area contributed by atoms with Gasteiger partial charge in [-0.2, -0.15) is 4.98 Å². The second-order valence-electron chi connectivity index (χ2n) is 3.46. The second-order valence-corrected chi connectivity index (χ2v) is 4.78. The predicted octanol–water partition coefficient (Wildman–Crippen LogP) is 2.23. The highest BCUT2D eigenvalue weighted by molar-refractivity contribution is 7.11. The molecule has 0 fully saturated rings. The third-order valence-electron chi connectivity index (χ3n) is 2.07. The van der Waals surface area contributed by atoms with Crippen molar-refractivity contribution in [1.29, 1.82) is 0 Å². The number of rotatable bonds is 5. The lowest BCUT2D eigenvalue weighted by Crippen LogP contribution is -2.05. The molecule has 2 heterocycles. The van der Waals surface area contributed by atoms with Crippen LogP contribution >= 0.6 is 11.3 Å². The van der Waals surface area contributed by atoms with E-state index in [-0.39, 0.29) is 5.69 Å². The zero-order valence-corrected chi connectivity index (χ0v) is 10.9. The molecule has 0 aliphatic heterocycles. The van der Waals surface area contributed by atoms with Crippen LogP contribution in [0.3, 0.4) is 0 Å². The van der Waals surface area contributed by atoms with Gasteiger partial charge in [-0.25, -0.2) is 9.78 Å². The number of hydrogen-bond donors (Lipinski definition) is 1. The number of anilines is 1. The molecule has 6 nitrogen and oxygen atoms in total. The normalized spacial score (nSPS) is 10.3. The van der Waals surface area contributed by atoms with Crippen molar-refractivity contribution in [1.82, 2.24) is 9.97 Å². The van der Waals surface area contributed by atoms with E-state index < -0.39 is 5.97 Å². The number of carbonyl (C=O) groups is 1. The first-order valence-electron chi connectivity index (χ1n) is 5.47. The van der Waals surface area contributed by atoms with Gasteiger partial charge in [-0.3, -0.25) is 0 Å². The second kappa shape index (κ2) is 5.63. The molecule has 0 aromatic carbocycles. The van der Waals surface area contributed by atoms with Crippen molar-refractivity contribution < 1.29 is 13.9 Å². The molecule has 0 spiro atoms. The summed E-state index contributed by atoms with van der Waals surface area (Å²) in [5.74, 6) is -0.483. The maximum atomic E-state index is 11.4. The Morgan fingerprint density at radius 3 is 3.11 bits per heavy atom. The highest BCUT2D eigenvalue weighted by Crippen LogP contribution is 2.14. The molecule has 0 aliphatic rings. The van der Waals surface area contributed by atoms with Gasteiger partial charge in [0.2, 0.25) is 0 Å². The number of oxazole rings is 1. The largest absolute Gasteiger partial charge is 0.461 e. The molecule has 0 aliphatic carbocycles. The summed E-state index contributed by atoms with van der Waals surface area (Å²) in [6.45, 7) is 4.56. The Hall–Kier alpha value is -1.89. The van der Waals surface area contributed by atoms with Crippen molar-refractivity contribution in [2.24, 2.45) is 0 Å². The van der Waals surface area contributed by atoms with Gasteiger partial charge in [0.05, 0.1) is 18.2 Å². The SMILES string of the molecule is CCOC(=O)c1coc(NCc2cnc(C)s2)n1. The van der Waals surface area contributed by atoms with Crippen molar-refractivity contribution in [2.75, 3.05) is 11.9 Å². The van der Waals surface area contributed by atoms with Gasteiger partial charge in [0.25, 0.3) is 6.01 Å². The number of nitrogens with zero attached hydrogens (tertiary/aromatic N) is 2. The fraction of sp³-hybridized carbons (Fsp3) is 0.364. The minimum atomic E-state index is -0.483. The lowest BCUT2D eigenvalue weighted by atomic mass is 10.5. The van der Waals surface area contributed by atoms with E-state index in [1.807, 2.05) is 6.92 Å². The van der Waals surface area contributed by atoms with E-state index in [0.717, 1.165) is 9.88 Å². The Bertz CT molecular complexity index is 535. The van der Waals surface area contributed by atoms with Crippen LogP contribution in [-0.2, 0) is 11.3 Å². The fourth-order valence-corrected chi connectivity index (χ4v) is 2.04. The number of aromatic nitrogens is 2. The maximum absolute atomic E-state index is 11.4. The summed E-state index contributed by atoms with van der Waals surface area (Å²) in [6.07, 6.45) is 3.07. The van der Waals surface area contributed by atoms with Gasteiger partial charge < -0.3 is 14.5 Å². The molecule has 96 valence electrons. The van der Waals surface area contributed by atoms with Gasteiger partial charge in [0, 0.05) is 11.1 Å². The molecule has 0 bridgehead atoms. The lowest BCUT2D eigenvalue weighted by Gasteiger charge is -1.97. The zero-order valence-electron chi connectivity index (χ0n) is 10.1. The monoisotopic (exact) mass is 267 g/mol. The standard InChI is InChI=1S/C11H13N3O3S/c1-3-16-10(15)9-6-17-11(14-9)13-5-8-4-12-7(2)18-8/h4,6H,3,5H2,1-2H3,(H,13,14). The first-order chi connectivity index (χ1) is 8.69. The smallest absolute Gasteiger partial charge is 0.360 e. The topological polar surface area (TPSA) is 77.2 Å². The molecule has 0 amide bonds. The van der Waals surface area contributed by atoms with E-state index in [1.54, 1.807) is 24.5 Å². The van der Waals surface area contributed by atoms with Crippen LogP contribution in [0.1, 0.15) is 27.3 Å². The van der Waals surface area contributed by atoms with Gasteiger partial charge >= 0.3 is 5.97 Å². The molecule has 0 saturated heterocycles. The molecular formula is C11H13N3O3S. The molecular weight excluding hydrogens is 254 g/mol. The quantitative estimate of drug-likeness (QED) is 0.837. The van der Waals surface area contributed by atoms with Crippen LogP contribution < -0.4 is 5.32 Å². The molecule has 2 aromatic rings. The number of thiazole rings is 1. The van der Waals surface area contributed by atoms with E-state index in [1.165, 1.54) is 6.26 Å². The number of aryl methyl sites for hydroxylation is 1. The molecule has 0 atom stereocenters. The van der Waals surface area contributed by atoms with Gasteiger partial charge in [0.15, 0.2) is 5.69 Å². The van der Waals surface area contributed by atoms with Crippen LogP contribution in [0.2, 0.25) is 0 Å². The van der Waals surface area contributed by atoms with Crippen LogP contribution in [0.4, 0.5) is 6.01 Å². The van der Waals surface area contributed by atoms with Gasteiger partial charge in [-0.15, -0.1) is 11.3 Å². The molecule has 0 saturated carbocycles. The van der Waals surface area contributed by atoms with Crippen molar-refractivity contribution in [3.8, 4) is 0 Å². The third kappa shape index (κ3) is 3.07. The minimum absolute atomic E-state index is 0.167. The summed E-state index contributed by atoms with van der Waals surface area (Å²) >= 11 is 1.59. The van der Waals surface area contributed by atoms with E-state index in [2.05, 4.69) is 15.3 Å². The highest BCUT2D eigenvalue weighted by atomic mass is 32.1. The Morgan fingerprint density at radius 1 is 1.61 bits per heavy atom. The zero-order chi connectivity index (χ0) is 13.0. The molecule has 1 N–H and O–H groups in total. The summed E-state index contributed by atoms with van der Waals surface area (Å²) in [5.41, 5.74) is 0.167. The van der Waals surface area contributed by atoms with Crippen molar-refractivity contribution in [3.05, 3.63) is 28.0 Å². The Morgan fingerprint density at radius 2 is 2.44 bits per heavy atom. The van der Waals surface area contributed by atoms with Gasteiger partial charge in [-0.1, -0.05) is 0 Å². The van der Waals surface area contributed by atoms with Gasteiger partial charge in [0.1, 0.15) is 6.26 Å². The highest BCUT2D eigenvalue weighted by Gasteiger charge is 2.12. The Kier molecular flexibility index (Phi) is 3.93. The number of esters is 1. The van der Waals surface area contributed by atoms with Crippen LogP contribution in [0.15, 0.2) is 16.9 Å². The number of carbonyl (C=O) groups excluding carboxylic acids is 1. The first kappa shape index (κ1) is 12.6. The summed E-state index contributed by atoms with van der Waals surface area (Å²) in [5, 5.41) is 3.98. The molecule has 18 heavy (non-hydrogen) atoms. The van der Waals surface area contributed by atoms with Crippen molar-refractivity contribution in [3.63, 3.8) is 0 Å². The average Bonchev–Trinajstić information content (AvgIpc) is 2.95. The van der Waals surface area contributed by atoms with E-state index in [9.17, 15) is 4.79 Å². The summed E-state index contributed by atoms with van der Waals surface area (Å²) in [6, 6.07) is 0.295. The Labute approximate surface area is 108 Å². The molecule has 0 unspecified atom stereocenters. The molecule has 2 rings (SSSR count). The molecule has 2 aromatic heterocycles. The van der Waals surface area contributed by atoms with Crippen LogP contribution in [0.25, 0.3) is 0 Å². The molecule has 7 heteroatoms. The van der Waals surface area contributed by atoms with Crippen molar-refractivity contribution in [2.45, 2.75) is 20.4 Å². The van der Waals surface area contributed by atoms with Crippen LogP contribution in [-0.4, -0.2) is 22.5 Å². The molecule has 0 radical (unpaired) electrons. The van der Waals surface area contributed by atoms with Crippen LogP contribution in [0, 0.1) is 6.92 Å². The first-order valence-corrected chi connectivity index (χ1v) is 6.28. The van der Waals surface area contributed by atoms with E-state index in [0.29, 0.717) is 19.2 Å². The van der Waals surface area contributed by atoms with Gasteiger partial charge in [-0.05, 0) is 13.8 Å². The number of ether oxygens (including phenoxy) is 1. The summed E-state index contributed by atoms with van der Waals surface area (Å²) in [4.78, 5) is 20.6. The average molecular weight is 267 g/mol. The minimum Gasteiger partial charge on any atom is -0.461 e. The lowest BCUT2D eigenvalue weighted by molar-refractivity contribution is 0.0519. The summed E-state index contributed by atoms with van der Waals surface area (Å²) in [7, 11) is 0. The van der Waals surface area contributed by atoms with E-state index >= 15 is 0 Å². The van der Waals surface area contributed by atoms with Crippen LogP contribution in [0.5, 0.6) is 0 Å². The fourth-order valence-electron chi connectivity index (χ4n) is 1.30. The van der Waals surface area contributed by atoms with E-state index in [4.69, 9.17) is 9.15 Å². The number of nitrogens with one attached hydrogen (secondary N) is 1. The third-order valence-corrected chi connectivity index (χ3v) is 2.98. The summed E-state index contributed by atoms with van der Waals surface area (Å²) < 4.78 is 9.93. The predicted molar refractivity (Wildman–Crippen MR) is 66.6 cm³/mol. The maximum Gasteiger partial charge on any atom is 0.360 e. The number of hydrogen-bond acceptors (Lipinski definition) is 7. The van der Waals surface area contributed by atoms with Crippen molar-refractivity contribution >= 4 is 23.3 Å². The Balaban J connectivity index is 1.92.